The topological polar surface area (TPSA) is 32.3 Å². The molecule has 86 valence electrons. The van der Waals surface area contributed by atoms with E-state index in [-0.39, 0.29) is 12.1 Å². The number of carbonyl (C=O) groups excluding carboxylic acids is 1. The molecule has 1 atom stereocenters. The van der Waals surface area contributed by atoms with Crippen molar-refractivity contribution in [2.45, 2.75) is 32.7 Å². The number of rotatable bonds is 2. The minimum atomic E-state index is 0.0271. The quantitative estimate of drug-likeness (QED) is 0.813. The van der Waals surface area contributed by atoms with Crippen LogP contribution < -0.4 is 10.2 Å². The molecular weight excluding hydrogens is 200 g/mol. The number of urea groups is 1. The first-order valence-corrected chi connectivity index (χ1v) is 5.88. The Morgan fingerprint density at radius 2 is 2.25 bits per heavy atom. The summed E-state index contributed by atoms with van der Waals surface area (Å²) in [6.45, 7) is 4.89. The van der Waals surface area contributed by atoms with Crippen molar-refractivity contribution < 1.29 is 4.79 Å². The predicted molar refractivity (Wildman–Crippen MR) is 65.8 cm³/mol. The largest absolute Gasteiger partial charge is 0.335 e. The first-order chi connectivity index (χ1) is 7.72. The van der Waals surface area contributed by atoms with Gasteiger partial charge < -0.3 is 5.32 Å². The summed E-state index contributed by atoms with van der Waals surface area (Å²) in [5.41, 5.74) is 2.32. The van der Waals surface area contributed by atoms with Gasteiger partial charge in [0.15, 0.2) is 0 Å². The molecule has 1 aliphatic rings. The van der Waals surface area contributed by atoms with Crippen LogP contribution in [0, 0.1) is 0 Å². The predicted octanol–water partition coefficient (Wildman–Crippen LogP) is 2.56. The van der Waals surface area contributed by atoms with Gasteiger partial charge >= 0.3 is 6.03 Å². The van der Waals surface area contributed by atoms with E-state index in [9.17, 15) is 4.79 Å². The van der Waals surface area contributed by atoms with Crippen molar-refractivity contribution in [3.63, 3.8) is 0 Å². The van der Waals surface area contributed by atoms with E-state index in [1.54, 1.807) is 0 Å². The number of hydrogen-bond donors (Lipinski definition) is 1. The highest BCUT2D eigenvalue weighted by Crippen LogP contribution is 2.27. The summed E-state index contributed by atoms with van der Waals surface area (Å²) < 4.78 is 0. The zero-order valence-electron chi connectivity index (χ0n) is 9.86. The number of nitrogens with one attached hydrogen (secondary N) is 1. The van der Waals surface area contributed by atoms with Gasteiger partial charge in [0.1, 0.15) is 0 Å². The number of carbonyl (C=O) groups is 1. The number of para-hydroxylation sites is 1. The highest BCUT2D eigenvalue weighted by molar-refractivity contribution is 5.94. The van der Waals surface area contributed by atoms with E-state index < -0.39 is 0 Å². The minimum Gasteiger partial charge on any atom is -0.335 e. The Hall–Kier alpha value is -1.51. The standard InChI is InChI=1S/C13H18N2O/c1-3-10(2)14-13(16)15-9-8-11-6-4-5-7-12(11)15/h4-7,10H,3,8-9H2,1-2H3,(H,14,16). The second kappa shape index (κ2) is 4.56. The maximum Gasteiger partial charge on any atom is 0.322 e. The molecule has 0 saturated heterocycles. The average molecular weight is 218 g/mol. The SMILES string of the molecule is CCC(C)NC(=O)N1CCc2ccccc21. The summed E-state index contributed by atoms with van der Waals surface area (Å²) in [6, 6.07) is 8.37. The number of benzene rings is 1. The molecule has 0 saturated carbocycles. The number of nitrogens with zero attached hydrogens (tertiary/aromatic N) is 1. The third-order valence-electron chi connectivity index (χ3n) is 3.11. The molecule has 0 aliphatic carbocycles. The van der Waals surface area contributed by atoms with Crippen LogP contribution in [0.3, 0.4) is 0 Å². The summed E-state index contributed by atoms with van der Waals surface area (Å²) in [5, 5.41) is 3.00. The third kappa shape index (κ3) is 2.03. The van der Waals surface area contributed by atoms with E-state index >= 15 is 0 Å². The van der Waals surface area contributed by atoms with E-state index in [1.807, 2.05) is 30.0 Å². The lowest BCUT2D eigenvalue weighted by molar-refractivity contribution is 0.243. The van der Waals surface area contributed by atoms with Gasteiger partial charge in [-0.05, 0) is 31.4 Å². The Bertz CT molecular complexity index is 389. The van der Waals surface area contributed by atoms with Crippen molar-refractivity contribution in [2.24, 2.45) is 0 Å². The molecule has 1 aromatic rings. The Kier molecular flexibility index (Phi) is 3.13. The zero-order valence-corrected chi connectivity index (χ0v) is 9.86. The van der Waals surface area contributed by atoms with E-state index in [0.717, 1.165) is 25.1 Å². The van der Waals surface area contributed by atoms with Crippen LogP contribution in [0.5, 0.6) is 0 Å². The van der Waals surface area contributed by atoms with Crippen molar-refractivity contribution in [1.29, 1.82) is 0 Å². The van der Waals surface area contributed by atoms with Crippen molar-refractivity contribution >= 4 is 11.7 Å². The first kappa shape index (κ1) is 11.0. The smallest absolute Gasteiger partial charge is 0.322 e. The molecule has 2 amide bonds. The van der Waals surface area contributed by atoms with E-state index in [0.29, 0.717) is 0 Å². The molecule has 0 radical (unpaired) electrons. The van der Waals surface area contributed by atoms with Crippen molar-refractivity contribution in [1.82, 2.24) is 5.32 Å². The van der Waals surface area contributed by atoms with Crippen molar-refractivity contribution in [2.75, 3.05) is 11.4 Å². The summed E-state index contributed by atoms with van der Waals surface area (Å²) >= 11 is 0. The Balaban J connectivity index is 2.10. The molecule has 0 bridgehead atoms. The maximum atomic E-state index is 12.0. The van der Waals surface area contributed by atoms with Gasteiger partial charge in [0, 0.05) is 18.3 Å². The van der Waals surface area contributed by atoms with Crippen LogP contribution >= 0.6 is 0 Å². The van der Waals surface area contributed by atoms with E-state index in [4.69, 9.17) is 0 Å². The number of anilines is 1. The van der Waals surface area contributed by atoms with Gasteiger partial charge in [0.2, 0.25) is 0 Å². The van der Waals surface area contributed by atoms with Crippen LogP contribution in [0.15, 0.2) is 24.3 Å². The molecule has 1 aromatic carbocycles. The second-order valence-corrected chi connectivity index (χ2v) is 4.29. The molecule has 1 unspecified atom stereocenters. The Morgan fingerprint density at radius 3 is 3.00 bits per heavy atom. The minimum absolute atomic E-state index is 0.0271. The molecule has 0 spiro atoms. The fourth-order valence-corrected chi connectivity index (χ4v) is 1.94. The molecule has 2 rings (SSSR count). The van der Waals surface area contributed by atoms with Crippen molar-refractivity contribution in [3.8, 4) is 0 Å². The number of amides is 2. The van der Waals surface area contributed by atoms with Gasteiger partial charge in [0.25, 0.3) is 0 Å². The normalized spacial score (nSPS) is 15.8. The molecule has 1 aliphatic heterocycles. The molecule has 3 heteroatoms. The number of fused-ring (bicyclic) bond motifs is 1. The zero-order chi connectivity index (χ0) is 11.5. The molecule has 0 fully saturated rings. The molecule has 3 nitrogen and oxygen atoms in total. The average Bonchev–Trinajstić information content (AvgIpc) is 2.72. The van der Waals surface area contributed by atoms with Crippen molar-refractivity contribution in [3.05, 3.63) is 29.8 Å². The summed E-state index contributed by atoms with van der Waals surface area (Å²) in [5.74, 6) is 0. The second-order valence-electron chi connectivity index (χ2n) is 4.29. The fourth-order valence-electron chi connectivity index (χ4n) is 1.94. The monoisotopic (exact) mass is 218 g/mol. The lowest BCUT2D eigenvalue weighted by Crippen LogP contribution is -2.43. The first-order valence-electron chi connectivity index (χ1n) is 5.88. The number of hydrogen-bond acceptors (Lipinski definition) is 1. The molecule has 1 N–H and O–H groups in total. The molecule has 1 heterocycles. The third-order valence-corrected chi connectivity index (χ3v) is 3.11. The van der Waals surface area contributed by atoms with Gasteiger partial charge in [-0.1, -0.05) is 25.1 Å². The molecular formula is C13H18N2O. The van der Waals surface area contributed by atoms with Crippen LogP contribution in [0.25, 0.3) is 0 Å². The van der Waals surface area contributed by atoms with Crippen LogP contribution in [-0.2, 0) is 6.42 Å². The summed E-state index contributed by atoms with van der Waals surface area (Å²) in [7, 11) is 0. The van der Waals surface area contributed by atoms with Gasteiger partial charge in [-0.15, -0.1) is 0 Å². The molecule has 0 aromatic heterocycles. The van der Waals surface area contributed by atoms with E-state index in [1.165, 1.54) is 5.56 Å². The Morgan fingerprint density at radius 1 is 1.50 bits per heavy atom. The van der Waals surface area contributed by atoms with Crippen LogP contribution in [-0.4, -0.2) is 18.6 Å². The highest BCUT2D eigenvalue weighted by atomic mass is 16.2. The van der Waals surface area contributed by atoms with E-state index in [2.05, 4.69) is 18.3 Å². The van der Waals surface area contributed by atoms with Gasteiger partial charge in [-0.3, -0.25) is 4.90 Å². The fraction of sp³-hybridized carbons (Fsp3) is 0.462. The van der Waals surface area contributed by atoms with Gasteiger partial charge in [-0.25, -0.2) is 4.79 Å². The summed E-state index contributed by atoms with van der Waals surface area (Å²) in [6.07, 6.45) is 1.92. The summed E-state index contributed by atoms with van der Waals surface area (Å²) in [4.78, 5) is 13.8. The van der Waals surface area contributed by atoms with Crippen LogP contribution in [0.4, 0.5) is 10.5 Å². The van der Waals surface area contributed by atoms with Gasteiger partial charge in [-0.2, -0.15) is 0 Å². The molecule has 16 heavy (non-hydrogen) atoms. The lowest BCUT2D eigenvalue weighted by atomic mass is 10.2. The maximum absolute atomic E-state index is 12.0. The van der Waals surface area contributed by atoms with Gasteiger partial charge in [0.05, 0.1) is 0 Å². The Labute approximate surface area is 96.5 Å². The van der Waals surface area contributed by atoms with Crippen LogP contribution in [0.1, 0.15) is 25.8 Å². The lowest BCUT2D eigenvalue weighted by Gasteiger charge is -2.20. The highest BCUT2D eigenvalue weighted by Gasteiger charge is 2.24. The van der Waals surface area contributed by atoms with Crippen LogP contribution in [0.2, 0.25) is 0 Å².